The molecule has 0 aromatic rings. The molecule has 0 heterocycles. The van der Waals surface area contributed by atoms with Gasteiger partial charge in [0.05, 0.1) is 25.4 Å². The molecule has 114 valence electrons. The Balaban J connectivity index is 3.72. The fourth-order valence-corrected chi connectivity index (χ4v) is 1.88. The normalized spacial score (nSPS) is 13.3. The van der Waals surface area contributed by atoms with Gasteiger partial charge in [-0.2, -0.15) is 0 Å². The summed E-state index contributed by atoms with van der Waals surface area (Å²) in [6.45, 7) is 6.37. The first-order chi connectivity index (χ1) is 8.91. The zero-order chi connectivity index (χ0) is 14.7. The van der Waals surface area contributed by atoms with Gasteiger partial charge in [0, 0.05) is 6.42 Å². The van der Waals surface area contributed by atoms with Gasteiger partial charge in [0.25, 0.3) is 0 Å². The highest BCUT2D eigenvalue weighted by Gasteiger charge is 2.18. The lowest BCUT2D eigenvalue weighted by Gasteiger charge is -2.25. The van der Waals surface area contributed by atoms with Gasteiger partial charge in [-0.05, 0) is 26.2 Å². The van der Waals surface area contributed by atoms with Crippen LogP contribution >= 0.6 is 0 Å². The van der Waals surface area contributed by atoms with E-state index in [4.69, 9.17) is 19.7 Å². The fourth-order valence-electron chi connectivity index (χ4n) is 1.88. The Hall–Kier alpha value is -0.650. The summed E-state index contributed by atoms with van der Waals surface area (Å²) in [7, 11) is 0. The molecule has 0 fully saturated rings. The van der Waals surface area contributed by atoms with E-state index < -0.39 is 0 Å². The van der Waals surface area contributed by atoms with Gasteiger partial charge in [0.15, 0.2) is 0 Å². The lowest BCUT2D eigenvalue weighted by atomic mass is 9.95. The van der Waals surface area contributed by atoms with Crippen molar-refractivity contribution in [3.8, 4) is 0 Å². The summed E-state index contributed by atoms with van der Waals surface area (Å²) in [4.78, 5) is 11.3. The van der Waals surface area contributed by atoms with E-state index in [0.29, 0.717) is 13.0 Å². The molecule has 0 bridgehead atoms. The van der Waals surface area contributed by atoms with Crippen molar-refractivity contribution in [3.63, 3.8) is 0 Å². The Labute approximate surface area is 115 Å². The van der Waals surface area contributed by atoms with E-state index in [9.17, 15) is 4.79 Å². The Bertz CT molecular complexity index is 240. The minimum Gasteiger partial charge on any atom is -0.463 e. The monoisotopic (exact) mass is 276 g/mol. The summed E-state index contributed by atoms with van der Waals surface area (Å²) in [5, 5.41) is 17.3. The van der Waals surface area contributed by atoms with Crippen molar-refractivity contribution in [2.24, 2.45) is 5.92 Å². The number of hydrogen-bond acceptors (Lipinski definition) is 5. The maximum Gasteiger partial charge on any atom is 0.306 e. The number of carbonyl (C=O) groups excluding carboxylic acids is 1. The highest BCUT2D eigenvalue weighted by Crippen LogP contribution is 2.21. The molecule has 5 nitrogen and oxygen atoms in total. The van der Waals surface area contributed by atoms with Gasteiger partial charge < -0.3 is 19.7 Å². The number of ether oxygens (including phenoxy) is 2. The molecule has 1 unspecified atom stereocenters. The highest BCUT2D eigenvalue weighted by atomic mass is 16.5. The second-order valence-electron chi connectivity index (χ2n) is 5.48. The van der Waals surface area contributed by atoms with Crippen LogP contribution in [0.2, 0.25) is 0 Å². The van der Waals surface area contributed by atoms with E-state index in [1.807, 2.05) is 20.8 Å². The van der Waals surface area contributed by atoms with Crippen LogP contribution in [-0.2, 0) is 14.3 Å². The zero-order valence-electron chi connectivity index (χ0n) is 12.4. The number of esters is 1. The number of aliphatic hydroxyl groups is 2. The smallest absolute Gasteiger partial charge is 0.306 e. The number of carbonyl (C=O) groups is 1. The predicted octanol–water partition coefficient (Wildman–Crippen LogP) is 1.51. The summed E-state index contributed by atoms with van der Waals surface area (Å²) in [5.74, 6) is 0.0113. The summed E-state index contributed by atoms with van der Waals surface area (Å²) in [5.41, 5.74) is -0.236. The molecular formula is C14H28O5. The Morgan fingerprint density at radius 3 is 2.42 bits per heavy atom. The van der Waals surface area contributed by atoms with Crippen LogP contribution in [0.3, 0.4) is 0 Å². The van der Waals surface area contributed by atoms with Crippen molar-refractivity contribution in [2.75, 3.05) is 26.4 Å². The van der Waals surface area contributed by atoms with Crippen LogP contribution in [-0.4, -0.2) is 48.2 Å². The molecule has 0 aromatic carbocycles. The summed E-state index contributed by atoms with van der Waals surface area (Å²) in [6.07, 6.45) is 3.17. The summed E-state index contributed by atoms with van der Waals surface area (Å²) >= 11 is 0. The quantitative estimate of drug-likeness (QED) is 0.559. The lowest BCUT2D eigenvalue weighted by molar-refractivity contribution is -0.145. The number of rotatable bonds is 11. The van der Waals surface area contributed by atoms with E-state index >= 15 is 0 Å². The third kappa shape index (κ3) is 10.9. The van der Waals surface area contributed by atoms with Crippen LogP contribution in [0.5, 0.6) is 0 Å². The van der Waals surface area contributed by atoms with E-state index in [-0.39, 0.29) is 37.3 Å². The van der Waals surface area contributed by atoms with Gasteiger partial charge in [-0.15, -0.1) is 0 Å². The van der Waals surface area contributed by atoms with Gasteiger partial charge in [-0.3, -0.25) is 4.79 Å². The number of hydrogen-bond donors (Lipinski definition) is 2. The molecule has 0 aliphatic carbocycles. The van der Waals surface area contributed by atoms with Crippen molar-refractivity contribution < 1.29 is 24.5 Å². The van der Waals surface area contributed by atoms with Crippen molar-refractivity contribution in [1.82, 2.24) is 0 Å². The van der Waals surface area contributed by atoms with Gasteiger partial charge in [-0.1, -0.05) is 19.8 Å². The SMILES string of the molecule is CC(CCCC(C)(C)OCCO)CC(=O)OCCO. The molecule has 0 aliphatic rings. The topological polar surface area (TPSA) is 76.0 Å². The van der Waals surface area contributed by atoms with Crippen molar-refractivity contribution in [1.29, 1.82) is 0 Å². The van der Waals surface area contributed by atoms with Gasteiger partial charge in [0.2, 0.25) is 0 Å². The average Bonchev–Trinajstić information content (AvgIpc) is 2.33. The Morgan fingerprint density at radius 1 is 1.21 bits per heavy atom. The molecule has 0 saturated carbocycles. The van der Waals surface area contributed by atoms with Crippen LogP contribution in [0.1, 0.15) is 46.5 Å². The van der Waals surface area contributed by atoms with Crippen LogP contribution in [0, 0.1) is 5.92 Å². The van der Waals surface area contributed by atoms with E-state index in [2.05, 4.69) is 0 Å². The lowest BCUT2D eigenvalue weighted by Crippen LogP contribution is -2.26. The zero-order valence-corrected chi connectivity index (χ0v) is 12.4. The maximum atomic E-state index is 11.3. The molecule has 5 heteroatoms. The maximum absolute atomic E-state index is 11.3. The van der Waals surface area contributed by atoms with E-state index in [1.165, 1.54) is 0 Å². The van der Waals surface area contributed by atoms with Crippen LogP contribution in [0.15, 0.2) is 0 Å². The first kappa shape index (κ1) is 18.4. The Kier molecular flexibility index (Phi) is 9.83. The second kappa shape index (κ2) is 10.2. The minimum absolute atomic E-state index is 0.0382. The average molecular weight is 276 g/mol. The van der Waals surface area contributed by atoms with Crippen molar-refractivity contribution in [2.45, 2.75) is 52.1 Å². The highest BCUT2D eigenvalue weighted by molar-refractivity contribution is 5.69. The molecular weight excluding hydrogens is 248 g/mol. The standard InChI is InChI=1S/C14H28O5/c1-12(11-13(17)18-9-7-15)5-4-6-14(2,3)19-10-8-16/h12,15-16H,4-11H2,1-3H3. The molecule has 2 N–H and O–H groups in total. The molecule has 0 rings (SSSR count). The fraction of sp³-hybridized carbons (Fsp3) is 0.929. The van der Waals surface area contributed by atoms with Gasteiger partial charge in [0.1, 0.15) is 6.61 Å². The first-order valence-corrected chi connectivity index (χ1v) is 6.92. The van der Waals surface area contributed by atoms with Crippen LogP contribution in [0.25, 0.3) is 0 Å². The van der Waals surface area contributed by atoms with Gasteiger partial charge in [-0.25, -0.2) is 0 Å². The van der Waals surface area contributed by atoms with E-state index in [0.717, 1.165) is 19.3 Å². The summed E-state index contributed by atoms with van der Waals surface area (Å²) < 4.78 is 10.3. The van der Waals surface area contributed by atoms with Gasteiger partial charge >= 0.3 is 5.97 Å². The molecule has 0 radical (unpaired) electrons. The second-order valence-corrected chi connectivity index (χ2v) is 5.48. The largest absolute Gasteiger partial charge is 0.463 e. The first-order valence-electron chi connectivity index (χ1n) is 6.92. The molecule has 1 atom stereocenters. The molecule has 0 amide bonds. The molecule has 0 aromatic heterocycles. The number of aliphatic hydroxyl groups excluding tert-OH is 2. The van der Waals surface area contributed by atoms with Crippen molar-refractivity contribution in [3.05, 3.63) is 0 Å². The molecule has 0 spiro atoms. The van der Waals surface area contributed by atoms with Crippen molar-refractivity contribution >= 4 is 5.97 Å². The Morgan fingerprint density at radius 2 is 1.84 bits per heavy atom. The van der Waals surface area contributed by atoms with E-state index in [1.54, 1.807) is 0 Å². The molecule has 0 saturated heterocycles. The van der Waals surface area contributed by atoms with Crippen LogP contribution in [0.4, 0.5) is 0 Å². The van der Waals surface area contributed by atoms with Crippen LogP contribution < -0.4 is 0 Å². The summed E-state index contributed by atoms with van der Waals surface area (Å²) in [6, 6.07) is 0. The molecule has 19 heavy (non-hydrogen) atoms. The molecule has 0 aliphatic heterocycles. The minimum atomic E-state index is -0.252. The third-order valence-corrected chi connectivity index (χ3v) is 2.93. The predicted molar refractivity (Wildman–Crippen MR) is 72.8 cm³/mol. The third-order valence-electron chi connectivity index (χ3n) is 2.93.